The molecule has 32 heavy (non-hydrogen) atoms. The summed E-state index contributed by atoms with van der Waals surface area (Å²) in [7, 11) is 0. The van der Waals surface area contributed by atoms with Gasteiger partial charge in [0.1, 0.15) is 11.5 Å². The van der Waals surface area contributed by atoms with Gasteiger partial charge in [-0.25, -0.2) is 4.79 Å². The van der Waals surface area contributed by atoms with Crippen molar-refractivity contribution in [2.75, 3.05) is 6.61 Å². The van der Waals surface area contributed by atoms with E-state index in [0.717, 1.165) is 18.1 Å². The molecular formula is C26H38O6. The van der Waals surface area contributed by atoms with Gasteiger partial charge in [0.15, 0.2) is 12.4 Å². The zero-order valence-electron chi connectivity index (χ0n) is 20.0. The normalized spacial score (nSPS) is 37.5. The third kappa shape index (κ3) is 4.91. The van der Waals surface area contributed by atoms with Crippen LogP contribution in [0.2, 0.25) is 0 Å². The summed E-state index contributed by atoms with van der Waals surface area (Å²) in [4.78, 5) is 11.8. The molecule has 1 aliphatic carbocycles. The molecular weight excluding hydrogens is 408 g/mol. The Bertz CT molecular complexity index is 764. The molecule has 0 radical (unpaired) electrons. The molecule has 3 fully saturated rings. The third-order valence-corrected chi connectivity index (χ3v) is 7.64. The standard InChI is InChI=1S/C26H38O6/c1-6-28-24(27)18(5)30-19-9-11-20(12-10-19)31-25-17(4)22-13-7-15(2)21-14-8-16(3)29-26(32-25)23(21)22/h9-12,15-18,21-23,25-26H,6-8,13-14H2,1-5H3/t15-,16+,17-,18?,21?,22?,23?,25+,26-/m1/s1. The summed E-state index contributed by atoms with van der Waals surface area (Å²) in [6, 6.07) is 7.34. The minimum Gasteiger partial charge on any atom is -0.479 e. The molecule has 0 N–H and O–H groups in total. The molecule has 2 aliphatic heterocycles. The molecule has 6 nitrogen and oxygen atoms in total. The fraction of sp³-hybridized carbons (Fsp3) is 0.731. The van der Waals surface area contributed by atoms with Crippen LogP contribution >= 0.6 is 0 Å². The van der Waals surface area contributed by atoms with Gasteiger partial charge in [0, 0.05) is 11.8 Å². The molecule has 0 spiro atoms. The first kappa shape index (κ1) is 23.4. The number of hydrogen-bond donors (Lipinski definition) is 0. The topological polar surface area (TPSA) is 63.2 Å². The molecule has 1 saturated carbocycles. The maximum atomic E-state index is 11.8. The monoisotopic (exact) mass is 446 g/mol. The summed E-state index contributed by atoms with van der Waals surface area (Å²) in [5.41, 5.74) is 0. The van der Waals surface area contributed by atoms with Crippen molar-refractivity contribution in [1.82, 2.24) is 0 Å². The van der Waals surface area contributed by atoms with E-state index in [1.54, 1.807) is 13.8 Å². The summed E-state index contributed by atoms with van der Waals surface area (Å²) in [5, 5.41) is 0. The zero-order valence-corrected chi connectivity index (χ0v) is 20.0. The number of ether oxygens (including phenoxy) is 5. The highest BCUT2D eigenvalue weighted by Crippen LogP contribution is 2.52. The van der Waals surface area contributed by atoms with Crippen LogP contribution in [0.5, 0.6) is 11.5 Å². The van der Waals surface area contributed by atoms with Gasteiger partial charge >= 0.3 is 5.97 Å². The predicted octanol–water partition coefficient (Wildman–Crippen LogP) is 5.19. The molecule has 0 bridgehead atoms. The SMILES string of the molecule is CCOC(=O)C(C)Oc1ccc(O[C@H]2O[C@H]3O[C@@H](C)CCC4C3C(CC[C@H]4C)[C@H]2C)cc1. The molecule has 2 heterocycles. The number of rotatable bonds is 6. The van der Waals surface area contributed by atoms with Crippen molar-refractivity contribution >= 4 is 5.97 Å². The second kappa shape index (κ2) is 10.0. The second-order valence-electron chi connectivity index (χ2n) is 9.82. The lowest BCUT2D eigenvalue weighted by molar-refractivity contribution is -0.315. The molecule has 4 unspecified atom stereocenters. The molecule has 4 rings (SSSR count). The molecule has 6 heteroatoms. The fourth-order valence-electron chi connectivity index (χ4n) is 5.83. The third-order valence-electron chi connectivity index (χ3n) is 7.64. The molecule has 1 aromatic carbocycles. The first-order valence-corrected chi connectivity index (χ1v) is 12.3. The Kier molecular flexibility index (Phi) is 7.30. The van der Waals surface area contributed by atoms with E-state index in [0.29, 0.717) is 36.0 Å². The van der Waals surface area contributed by atoms with E-state index in [1.807, 2.05) is 24.3 Å². The van der Waals surface area contributed by atoms with Gasteiger partial charge in [-0.2, -0.15) is 0 Å². The van der Waals surface area contributed by atoms with E-state index in [-0.39, 0.29) is 24.7 Å². The minimum atomic E-state index is -0.656. The van der Waals surface area contributed by atoms with Gasteiger partial charge in [-0.15, -0.1) is 0 Å². The molecule has 2 saturated heterocycles. The second-order valence-corrected chi connectivity index (χ2v) is 9.82. The average molecular weight is 447 g/mol. The van der Waals surface area contributed by atoms with Crippen LogP contribution in [0.25, 0.3) is 0 Å². The van der Waals surface area contributed by atoms with Crippen LogP contribution in [0.4, 0.5) is 0 Å². The lowest BCUT2D eigenvalue weighted by Gasteiger charge is -2.51. The van der Waals surface area contributed by atoms with Gasteiger partial charge in [-0.3, -0.25) is 0 Å². The van der Waals surface area contributed by atoms with Crippen LogP contribution in [-0.4, -0.2) is 37.4 Å². The zero-order chi connectivity index (χ0) is 22.8. The van der Waals surface area contributed by atoms with E-state index < -0.39 is 6.10 Å². The van der Waals surface area contributed by atoms with Crippen molar-refractivity contribution in [3.8, 4) is 11.5 Å². The summed E-state index contributed by atoms with van der Waals surface area (Å²) >= 11 is 0. The van der Waals surface area contributed by atoms with E-state index in [4.69, 9.17) is 23.7 Å². The van der Waals surface area contributed by atoms with Crippen LogP contribution in [-0.2, 0) is 19.0 Å². The van der Waals surface area contributed by atoms with Crippen LogP contribution in [0.3, 0.4) is 0 Å². The maximum absolute atomic E-state index is 11.8. The average Bonchev–Trinajstić information content (AvgIpc) is 2.94. The fourth-order valence-corrected chi connectivity index (χ4v) is 5.83. The number of benzene rings is 1. The van der Waals surface area contributed by atoms with Gasteiger partial charge in [0.25, 0.3) is 0 Å². The summed E-state index contributed by atoms with van der Waals surface area (Å²) in [5.74, 6) is 3.65. The molecule has 178 valence electrons. The largest absolute Gasteiger partial charge is 0.479 e. The van der Waals surface area contributed by atoms with Gasteiger partial charge in [0.05, 0.1) is 12.7 Å². The summed E-state index contributed by atoms with van der Waals surface area (Å²) in [6.07, 6.45) is 3.83. The van der Waals surface area contributed by atoms with Gasteiger partial charge in [-0.1, -0.05) is 20.3 Å². The minimum absolute atomic E-state index is 0.195. The smallest absolute Gasteiger partial charge is 0.347 e. The summed E-state index contributed by atoms with van der Waals surface area (Å²) in [6.45, 7) is 10.6. The van der Waals surface area contributed by atoms with Crippen molar-refractivity contribution < 1.29 is 28.5 Å². The van der Waals surface area contributed by atoms with Crippen molar-refractivity contribution in [3.63, 3.8) is 0 Å². The van der Waals surface area contributed by atoms with Crippen LogP contribution in [0.1, 0.15) is 60.3 Å². The first-order valence-electron chi connectivity index (χ1n) is 12.3. The summed E-state index contributed by atoms with van der Waals surface area (Å²) < 4.78 is 29.8. The Balaban J connectivity index is 1.43. The Morgan fingerprint density at radius 2 is 1.69 bits per heavy atom. The Labute approximate surface area is 191 Å². The highest BCUT2D eigenvalue weighted by atomic mass is 16.8. The lowest BCUT2D eigenvalue weighted by Crippen LogP contribution is -2.54. The van der Waals surface area contributed by atoms with Crippen LogP contribution in [0, 0.1) is 29.6 Å². The molecule has 0 amide bonds. The number of carbonyl (C=O) groups excluding carboxylic acids is 1. The van der Waals surface area contributed by atoms with Crippen molar-refractivity contribution in [3.05, 3.63) is 24.3 Å². The number of carbonyl (C=O) groups is 1. The number of hydrogen-bond acceptors (Lipinski definition) is 6. The van der Waals surface area contributed by atoms with Gasteiger partial charge in [-0.05, 0) is 82.1 Å². The molecule has 3 aliphatic rings. The Morgan fingerprint density at radius 1 is 1.00 bits per heavy atom. The van der Waals surface area contributed by atoms with Crippen molar-refractivity contribution in [2.45, 2.75) is 85.1 Å². The van der Waals surface area contributed by atoms with Crippen molar-refractivity contribution in [1.29, 1.82) is 0 Å². The predicted molar refractivity (Wildman–Crippen MR) is 120 cm³/mol. The molecule has 9 atom stereocenters. The maximum Gasteiger partial charge on any atom is 0.347 e. The highest BCUT2D eigenvalue weighted by Gasteiger charge is 2.52. The lowest BCUT2D eigenvalue weighted by atomic mass is 9.61. The van der Waals surface area contributed by atoms with Crippen LogP contribution in [0.15, 0.2) is 24.3 Å². The molecule has 0 aromatic heterocycles. The number of esters is 1. The highest BCUT2D eigenvalue weighted by molar-refractivity contribution is 5.74. The van der Waals surface area contributed by atoms with Gasteiger partial charge < -0.3 is 23.7 Å². The van der Waals surface area contributed by atoms with Crippen molar-refractivity contribution in [2.24, 2.45) is 29.6 Å². The van der Waals surface area contributed by atoms with E-state index in [1.165, 1.54) is 19.3 Å². The Morgan fingerprint density at radius 3 is 2.41 bits per heavy atom. The first-order chi connectivity index (χ1) is 15.4. The van der Waals surface area contributed by atoms with Crippen LogP contribution < -0.4 is 9.47 Å². The Hall–Kier alpha value is -1.79. The quantitative estimate of drug-likeness (QED) is 0.560. The van der Waals surface area contributed by atoms with E-state index >= 15 is 0 Å². The van der Waals surface area contributed by atoms with E-state index in [2.05, 4.69) is 20.8 Å². The van der Waals surface area contributed by atoms with Gasteiger partial charge in [0.2, 0.25) is 6.29 Å². The van der Waals surface area contributed by atoms with E-state index in [9.17, 15) is 4.79 Å². The molecule has 1 aromatic rings.